The van der Waals surface area contributed by atoms with Crippen LogP contribution in [0.25, 0.3) is 0 Å². The summed E-state index contributed by atoms with van der Waals surface area (Å²) in [5.74, 6) is -0.749. The highest BCUT2D eigenvalue weighted by Gasteiger charge is 2.56. The SMILES string of the molecule is O=C1[C@H]2C(c3ccc(Cl)cc3Cl)=NO[C@H]2C(=O)N1c1ccc2c(c1)OCCO2. The van der Waals surface area contributed by atoms with E-state index in [-0.39, 0.29) is 0 Å². The Hall–Kier alpha value is -2.77. The lowest BCUT2D eigenvalue weighted by Crippen LogP contribution is -2.33. The fraction of sp³-hybridized carbons (Fsp3) is 0.211. The largest absolute Gasteiger partial charge is 0.486 e. The number of hydrogen-bond acceptors (Lipinski definition) is 6. The number of benzene rings is 2. The summed E-state index contributed by atoms with van der Waals surface area (Å²) in [6.45, 7) is 0.853. The predicted molar refractivity (Wildman–Crippen MR) is 101 cm³/mol. The summed E-state index contributed by atoms with van der Waals surface area (Å²) >= 11 is 12.2. The van der Waals surface area contributed by atoms with Crippen LogP contribution in [0.4, 0.5) is 5.69 Å². The van der Waals surface area contributed by atoms with Crippen LogP contribution in [0.3, 0.4) is 0 Å². The molecule has 0 spiro atoms. The molecule has 5 rings (SSSR count). The van der Waals surface area contributed by atoms with E-state index in [0.29, 0.717) is 51.7 Å². The summed E-state index contributed by atoms with van der Waals surface area (Å²) in [5.41, 5.74) is 1.20. The molecule has 0 N–H and O–H groups in total. The van der Waals surface area contributed by atoms with E-state index >= 15 is 0 Å². The molecule has 2 aromatic rings. The van der Waals surface area contributed by atoms with E-state index in [1.165, 1.54) is 0 Å². The summed E-state index contributed by atoms with van der Waals surface area (Å²) in [5, 5.41) is 4.74. The van der Waals surface area contributed by atoms with E-state index in [2.05, 4.69) is 5.16 Å². The summed E-state index contributed by atoms with van der Waals surface area (Å²) in [4.78, 5) is 32.4. The molecular formula is C19H12Cl2N2O5. The highest BCUT2D eigenvalue weighted by atomic mass is 35.5. The third kappa shape index (κ3) is 2.54. The van der Waals surface area contributed by atoms with Gasteiger partial charge in [0.05, 0.1) is 10.7 Å². The topological polar surface area (TPSA) is 77.4 Å². The average molecular weight is 419 g/mol. The van der Waals surface area contributed by atoms with Crippen LogP contribution in [0.1, 0.15) is 5.56 Å². The van der Waals surface area contributed by atoms with Gasteiger partial charge in [-0.15, -0.1) is 0 Å². The molecule has 0 radical (unpaired) electrons. The van der Waals surface area contributed by atoms with E-state index in [9.17, 15) is 9.59 Å². The Kier molecular flexibility index (Phi) is 3.96. The molecule has 0 bridgehead atoms. The van der Waals surface area contributed by atoms with Crippen LogP contribution in [0, 0.1) is 5.92 Å². The van der Waals surface area contributed by atoms with Gasteiger partial charge in [-0.05, 0) is 24.3 Å². The van der Waals surface area contributed by atoms with Gasteiger partial charge in [0.25, 0.3) is 5.91 Å². The summed E-state index contributed by atoms with van der Waals surface area (Å²) in [6, 6.07) is 9.75. The van der Waals surface area contributed by atoms with Crippen LogP contribution in [-0.2, 0) is 14.4 Å². The maximum atomic E-state index is 13.1. The number of imide groups is 1. The third-order valence-electron chi connectivity index (χ3n) is 4.80. The van der Waals surface area contributed by atoms with Crippen molar-refractivity contribution >= 4 is 46.4 Å². The number of carbonyl (C=O) groups is 2. The molecule has 3 aliphatic heterocycles. The van der Waals surface area contributed by atoms with E-state index in [1.807, 2.05) is 0 Å². The fourth-order valence-corrected chi connectivity index (χ4v) is 4.03. The second-order valence-electron chi connectivity index (χ2n) is 6.44. The molecule has 2 aromatic carbocycles. The van der Waals surface area contributed by atoms with Gasteiger partial charge in [-0.3, -0.25) is 9.59 Å². The Morgan fingerprint density at radius 2 is 1.75 bits per heavy atom. The molecule has 3 aliphatic rings. The van der Waals surface area contributed by atoms with Crippen molar-refractivity contribution in [3.63, 3.8) is 0 Å². The average Bonchev–Trinajstić information content (AvgIpc) is 3.22. The lowest BCUT2D eigenvalue weighted by Gasteiger charge is -2.21. The molecule has 9 heteroatoms. The van der Waals surface area contributed by atoms with Crippen LogP contribution >= 0.6 is 23.2 Å². The van der Waals surface area contributed by atoms with E-state index in [0.717, 1.165) is 4.90 Å². The lowest BCUT2D eigenvalue weighted by atomic mass is 9.94. The van der Waals surface area contributed by atoms with Crippen LogP contribution < -0.4 is 14.4 Å². The number of fused-ring (bicyclic) bond motifs is 2. The maximum absolute atomic E-state index is 13.1. The monoisotopic (exact) mass is 418 g/mol. The molecule has 3 heterocycles. The summed E-state index contributed by atoms with van der Waals surface area (Å²) in [7, 11) is 0. The standard InChI is InChI=1S/C19H12Cl2N2O5/c20-9-1-3-11(12(21)7-9)16-15-17(28-22-16)19(25)23(18(15)24)10-2-4-13-14(8-10)27-6-5-26-13/h1-4,7-8,15,17H,5-6H2/t15-,17+/m0/s1. The number of ether oxygens (including phenoxy) is 2. The second-order valence-corrected chi connectivity index (χ2v) is 7.29. The van der Waals surface area contributed by atoms with Gasteiger partial charge in [-0.25, -0.2) is 4.90 Å². The molecule has 0 unspecified atom stereocenters. The molecule has 28 heavy (non-hydrogen) atoms. The van der Waals surface area contributed by atoms with Crippen molar-refractivity contribution < 1.29 is 23.9 Å². The zero-order valence-corrected chi connectivity index (χ0v) is 15.7. The third-order valence-corrected chi connectivity index (χ3v) is 5.35. The van der Waals surface area contributed by atoms with Crippen molar-refractivity contribution in [2.45, 2.75) is 6.10 Å². The van der Waals surface area contributed by atoms with Gasteiger partial charge in [-0.1, -0.05) is 34.4 Å². The first-order valence-electron chi connectivity index (χ1n) is 8.51. The van der Waals surface area contributed by atoms with E-state index in [1.54, 1.807) is 36.4 Å². The van der Waals surface area contributed by atoms with Gasteiger partial charge in [0.15, 0.2) is 11.5 Å². The number of oxime groups is 1. The smallest absolute Gasteiger partial charge is 0.278 e. The Morgan fingerprint density at radius 3 is 2.54 bits per heavy atom. The van der Waals surface area contributed by atoms with Gasteiger partial charge in [0.2, 0.25) is 12.0 Å². The quantitative estimate of drug-likeness (QED) is 0.700. The number of hydrogen-bond donors (Lipinski definition) is 0. The second kappa shape index (κ2) is 6.39. The minimum absolute atomic E-state index is 0.310. The number of rotatable bonds is 2. The lowest BCUT2D eigenvalue weighted by molar-refractivity contribution is -0.126. The zero-order chi connectivity index (χ0) is 19.4. The fourth-order valence-electron chi connectivity index (χ4n) is 3.52. The van der Waals surface area contributed by atoms with Gasteiger partial charge in [-0.2, -0.15) is 0 Å². The predicted octanol–water partition coefficient (Wildman–Crippen LogP) is 3.06. The maximum Gasteiger partial charge on any atom is 0.278 e. The Bertz CT molecular complexity index is 1050. The first kappa shape index (κ1) is 17.3. The summed E-state index contributed by atoms with van der Waals surface area (Å²) < 4.78 is 11.0. The van der Waals surface area contributed by atoms with Gasteiger partial charge in [0.1, 0.15) is 24.8 Å². The number of anilines is 1. The van der Waals surface area contributed by atoms with Crippen molar-refractivity contribution in [3.8, 4) is 11.5 Å². The van der Waals surface area contributed by atoms with Gasteiger partial charge < -0.3 is 14.3 Å². The first-order chi connectivity index (χ1) is 13.5. The van der Waals surface area contributed by atoms with E-state index in [4.69, 9.17) is 37.5 Å². The minimum Gasteiger partial charge on any atom is -0.486 e. The van der Waals surface area contributed by atoms with Gasteiger partial charge >= 0.3 is 0 Å². The van der Waals surface area contributed by atoms with Crippen molar-refractivity contribution in [2.75, 3.05) is 18.1 Å². The van der Waals surface area contributed by atoms with Crippen molar-refractivity contribution in [1.29, 1.82) is 0 Å². The number of nitrogens with zero attached hydrogens (tertiary/aromatic N) is 2. The molecule has 2 amide bonds. The Balaban J connectivity index is 1.50. The van der Waals surface area contributed by atoms with Crippen LogP contribution in [-0.4, -0.2) is 36.8 Å². The van der Waals surface area contributed by atoms with E-state index < -0.39 is 23.8 Å². The molecule has 7 nitrogen and oxygen atoms in total. The van der Waals surface area contributed by atoms with Crippen molar-refractivity contribution in [1.82, 2.24) is 0 Å². The highest BCUT2D eigenvalue weighted by Crippen LogP contribution is 2.40. The minimum atomic E-state index is -1.03. The number of halogens is 2. The molecule has 142 valence electrons. The highest BCUT2D eigenvalue weighted by molar-refractivity contribution is 6.39. The molecular weight excluding hydrogens is 407 g/mol. The van der Waals surface area contributed by atoms with Crippen LogP contribution in [0.5, 0.6) is 11.5 Å². The Labute approximate surface area is 169 Å². The molecule has 0 saturated carbocycles. The Morgan fingerprint density at radius 1 is 0.964 bits per heavy atom. The first-order valence-corrected chi connectivity index (χ1v) is 9.27. The normalized spacial score (nSPS) is 22.8. The van der Waals surface area contributed by atoms with Crippen LogP contribution in [0.2, 0.25) is 10.0 Å². The van der Waals surface area contributed by atoms with Crippen LogP contribution in [0.15, 0.2) is 41.6 Å². The van der Waals surface area contributed by atoms with Crippen molar-refractivity contribution in [3.05, 3.63) is 52.0 Å². The molecule has 0 aliphatic carbocycles. The molecule has 1 fully saturated rings. The zero-order valence-electron chi connectivity index (χ0n) is 14.2. The van der Waals surface area contributed by atoms with Crippen molar-refractivity contribution in [2.24, 2.45) is 11.1 Å². The summed E-state index contributed by atoms with van der Waals surface area (Å²) in [6.07, 6.45) is -1.03. The molecule has 1 saturated heterocycles. The number of carbonyl (C=O) groups excluding carboxylic acids is 2. The van der Waals surface area contributed by atoms with Gasteiger partial charge in [0, 0.05) is 16.7 Å². The molecule has 2 atom stereocenters. The number of amides is 2. The molecule has 0 aromatic heterocycles.